The van der Waals surface area contributed by atoms with Crippen molar-refractivity contribution in [1.82, 2.24) is 14.5 Å². The van der Waals surface area contributed by atoms with E-state index in [1.807, 2.05) is 5.38 Å². The summed E-state index contributed by atoms with van der Waals surface area (Å²) in [5.74, 6) is 0. The van der Waals surface area contributed by atoms with Crippen LogP contribution in [-0.4, -0.2) is 21.5 Å². The standard InChI is InChI=1S/C10H11N3OS/c1-12-5-7-2-3-15-9(7)13-8(6-12)4-11-10(13)14/h2-4H,5-6H2,1H3,(H,11,14). The molecule has 3 heterocycles. The van der Waals surface area contributed by atoms with Gasteiger partial charge >= 0.3 is 5.69 Å². The molecule has 5 heteroatoms. The van der Waals surface area contributed by atoms with E-state index in [0.717, 1.165) is 23.8 Å². The zero-order valence-corrected chi connectivity index (χ0v) is 9.17. The minimum absolute atomic E-state index is 0.0380. The molecule has 0 saturated heterocycles. The predicted molar refractivity (Wildman–Crippen MR) is 59.4 cm³/mol. The molecular formula is C10H11N3OS. The van der Waals surface area contributed by atoms with E-state index < -0.39 is 0 Å². The first kappa shape index (κ1) is 8.94. The van der Waals surface area contributed by atoms with Crippen LogP contribution in [0.25, 0.3) is 5.00 Å². The fourth-order valence-electron chi connectivity index (χ4n) is 2.01. The van der Waals surface area contributed by atoms with Crippen LogP contribution in [0.4, 0.5) is 0 Å². The number of rotatable bonds is 0. The number of imidazole rings is 1. The average Bonchev–Trinajstić information content (AvgIpc) is 2.71. The Kier molecular flexibility index (Phi) is 1.83. The molecule has 0 saturated carbocycles. The second-order valence-corrected chi connectivity index (χ2v) is 4.74. The van der Waals surface area contributed by atoms with E-state index in [-0.39, 0.29) is 5.69 Å². The van der Waals surface area contributed by atoms with Crippen molar-refractivity contribution in [2.24, 2.45) is 0 Å². The fourth-order valence-corrected chi connectivity index (χ4v) is 2.96. The van der Waals surface area contributed by atoms with Crippen LogP contribution >= 0.6 is 11.3 Å². The molecule has 0 bridgehead atoms. The van der Waals surface area contributed by atoms with Crippen molar-refractivity contribution in [3.05, 3.63) is 39.4 Å². The minimum Gasteiger partial charge on any atom is -0.312 e. The van der Waals surface area contributed by atoms with Gasteiger partial charge in [-0.25, -0.2) is 4.79 Å². The molecule has 0 unspecified atom stereocenters. The van der Waals surface area contributed by atoms with Crippen LogP contribution in [0.15, 0.2) is 22.4 Å². The molecule has 1 N–H and O–H groups in total. The maximum atomic E-state index is 11.7. The Hall–Kier alpha value is -1.33. The molecule has 0 atom stereocenters. The Morgan fingerprint density at radius 2 is 2.33 bits per heavy atom. The van der Waals surface area contributed by atoms with Crippen molar-refractivity contribution in [3.63, 3.8) is 0 Å². The summed E-state index contributed by atoms with van der Waals surface area (Å²) in [6.45, 7) is 1.71. The number of nitrogens with one attached hydrogen (secondary N) is 1. The topological polar surface area (TPSA) is 41.0 Å². The summed E-state index contributed by atoms with van der Waals surface area (Å²) < 4.78 is 1.78. The molecule has 0 radical (unpaired) electrons. The lowest BCUT2D eigenvalue weighted by Gasteiger charge is -2.11. The first-order chi connectivity index (χ1) is 7.25. The van der Waals surface area contributed by atoms with Gasteiger partial charge in [0.1, 0.15) is 5.00 Å². The Morgan fingerprint density at radius 1 is 1.47 bits per heavy atom. The number of thiophene rings is 1. The van der Waals surface area contributed by atoms with E-state index in [1.54, 1.807) is 22.1 Å². The molecule has 2 aromatic heterocycles. The second-order valence-electron chi connectivity index (χ2n) is 3.84. The molecule has 3 rings (SSSR count). The highest BCUT2D eigenvalue weighted by molar-refractivity contribution is 7.12. The zero-order chi connectivity index (χ0) is 10.4. The van der Waals surface area contributed by atoms with Gasteiger partial charge in [-0.15, -0.1) is 11.3 Å². The normalized spacial score (nSPS) is 15.8. The minimum atomic E-state index is -0.0380. The number of fused-ring (bicyclic) bond motifs is 3. The van der Waals surface area contributed by atoms with Crippen molar-refractivity contribution < 1.29 is 0 Å². The van der Waals surface area contributed by atoms with Crippen LogP contribution in [0.2, 0.25) is 0 Å². The summed E-state index contributed by atoms with van der Waals surface area (Å²) >= 11 is 1.62. The third-order valence-corrected chi connectivity index (χ3v) is 3.59. The highest BCUT2D eigenvalue weighted by Gasteiger charge is 2.19. The molecule has 1 aliphatic heterocycles. The van der Waals surface area contributed by atoms with Gasteiger partial charge in [-0.2, -0.15) is 0 Å². The van der Waals surface area contributed by atoms with Gasteiger partial charge < -0.3 is 4.98 Å². The van der Waals surface area contributed by atoms with Gasteiger partial charge in [-0.1, -0.05) is 0 Å². The molecular weight excluding hydrogens is 210 g/mol. The number of H-pyrrole nitrogens is 1. The molecule has 1 aliphatic rings. The predicted octanol–water partition coefficient (Wildman–Crippen LogP) is 1.17. The Balaban J connectivity index is 2.32. The highest BCUT2D eigenvalue weighted by Crippen LogP contribution is 2.26. The van der Waals surface area contributed by atoms with Gasteiger partial charge in [-0.05, 0) is 18.5 Å². The maximum Gasteiger partial charge on any atom is 0.331 e. The molecule has 15 heavy (non-hydrogen) atoms. The van der Waals surface area contributed by atoms with E-state index in [2.05, 4.69) is 23.0 Å². The summed E-state index contributed by atoms with van der Waals surface area (Å²) in [6.07, 6.45) is 1.80. The van der Waals surface area contributed by atoms with Crippen LogP contribution in [0.1, 0.15) is 11.3 Å². The Bertz CT molecular complexity index is 551. The van der Waals surface area contributed by atoms with Gasteiger partial charge in [-0.3, -0.25) is 9.47 Å². The van der Waals surface area contributed by atoms with E-state index in [9.17, 15) is 4.79 Å². The quantitative estimate of drug-likeness (QED) is 0.725. The lowest BCUT2D eigenvalue weighted by atomic mass is 10.3. The third kappa shape index (κ3) is 1.27. The highest BCUT2D eigenvalue weighted by atomic mass is 32.1. The van der Waals surface area contributed by atoms with E-state index in [0.29, 0.717) is 0 Å². The molecule has 0 fully saturated rings. The van der Waals surface area contributed by atoms with Gasteiger partial charge in [0.25, 0.3) is 0 Å². The molecule has 0 aromatic carbocycles. The van der Waals surface area contributed by atoms with Crippen molar-refractivity contribution >= 4 is 11.3 Å². The number of nitrogens with zero attached hydrogens (tertiary/aromatic N) is 2. The van der Waals surface area contributed by atoms with Crippen LogP contribution in [0.3, 0.4) is 0 Å². The van der Waals surface area contributed by atoms with Gasteiger partial charge in [0.2, 0.25) is 0 Å². The van der Waals surface area contributed by atoms with E-state index in [4.69, 9.17) is 0 Å². The van der Waals surface area contributed by atoms with Crippen molar-refractivity contribution in [2.75, 3.05) is 7.05 Å². The number of aromatic nitrogens is 2. The Morgan fingerprint density at radius 3 is 3.20 bits per heavy atom. The molecule has 4 nitrogen and oxygen atoms in total. The van der Waals surface area contributed by atoms with Crippen LogP contribution in [0, 0.1) is 0 Å². The van der Waals surface area contributed by atoms with Gasteiger partial charge in [0.05, 0.1) is 5.69 Å². The molecule has 78 valence electrons. The molecule has 0 amide bonds. The van der Waals surface area contributed by atoms with Crippen molar-refractivity contribution in [3.8, 4) is 5.00 Å². The monoisotopic (exact) mass is 221 g/mol. The van der Waals surface area contributed by atoms with Crippen molar-refractivity contribution in [1.29, 1.82) is 0 Å². The van der Waals surface area contributed by atoms with Gasteiger partial charge in [0, 0.05) is 24.8 Å². The third-order valence-electron chi connectivity index (χ3n) is 2.65. The SMILES string of the molecule is CN1Cc2ccsc2-n2c(c[nH]c2=O)C1. The second kappa shape index (κ2) is 3.08. The molecule has 0 spiro atoms. The average molecular weight is 221 g/mol. The zero-order valence-electron chi connectivity index (χ0n) is 8.36. The summed E-state index contributed by atoms with van der Waals surface area (Å²) in [5, 5.41) is 3.09. The summed E-state index contributed by atoms with van der Waals surface area (Å²) in [4.78, 5) is 16.6. The summed E-state index contributed by atoms with van der Waals surface area (Å²) in [6, 6.07) is 2.09. The Labute approximate surface area is 90.8 Å². The largest absolute Gasteiger partial charge is 0.331 e. The lowest BCUT2D eigenvalue weighted by molar-refractivity contribution is 0.320. The van der Waals surface area contributed by atoms with E-state index in [1.165, 1.54) is 5.56 Å². The van der Waals surface area contributed by atoms with Crippen LogP contribution in [-0.2, 0) is 13.1 Å². The van der Waals surface area contributed by atoms with Crippen LogP contribution < -0.4 is 5.69 Å². The van der Waals surface area contributed by atoms with Crippen molar-refractivity contribution in [2.45, 2.75) is 13.1 Å². The number of aromatic amines is 1. The van der Waals surface area contributed by atoms with Crippen LogP contribution in [0.5, 0.6) is 0 Å². The maximum absolute atomic E-state index is 11.7. The summed E-state index contributed by atoms with van der Waals surface area (Å²) in [5.41, 5.74) is 2.22. The first-order valence-corrected chi connectivity index (χ1v) is 5.68. The number of hydrogen-bond acceptors (Lipinski definition) is 3. The molecule has 0 aliphatic carbocycles. The summed E-state index contributed by atoms with van der Waals surface area (Å²) in [7, 11) is 2.06. The smallest absolute Gasteiger partial charge is 0.312 e. The van der Waals surface area contributed by atoms with E-state index >= 15 is 0 Å². The lowest BCUT2D eigenvalue weighted by Crippen LogP contribution is -2.17. The number of hydrogen-bond donors (Lipinski definition) is 1. The van der Waals surface area contributed by atoms with Gasteiger partial charge in [0.15, 0.2) is 0 Å². The first-order valence-electron chi connectivity index (χ1n) is 4.80. The molecule has 2 aromatic rings. The fraction of sp³-hybridized carbons (Fsp3) is 0.300.